The molecule has 3 aliphatic heterocycles. The number of ether oxygens (including phenoxy) is 3. The Balaban J connectivity index is 1.15. The maximum absolute atomic E-state index is 16.0. The second-order valence-corrected chi connectivity index (χ2v) is 20.7. The number of carbonyl (C=O) groups excluding carboxylic acids is 4. The van der Waals surface area contributed by atoms with Crippen molar-refractivity contribution in [2.45, 2.75) is 109 Å². The lowest BCUT2D eigenvalue weighted by Crippen LogP contribution is -2.63. The van der Waals surface area contributed by atoms with Gasteiger partial charge in [0.05, 0.1) is 51.0 Å². The Hall–Kier alpha value is -7.00. The van der Waals surface area contributed by atoms with Crippen molar-refractivity contribution in [1.29, 1.82) is 0 Å². The highest BCUT2D eigenvalue weighted by atomic mass is 19.4. The van der Waals surface area contributed by atoms with E-state index in [1.54, 1.807) is 51.2 Å². The number of alkyl carbamates (subject to hydrolysis) is 2. The number of aromatic nitrogens is 3. The zero-order valence-corrected chi connectivity index (χ0v) is 43.2. The molecule has 3 aliphatic rings. The minimum atomic E-state index is -5.06. The van der Waals surface area contributed by atoms with Crippen LogP contribution >= 0.6 is 0 Å². The van der Waals surface area contributed by atoms with Crippen molar-refractivity contribution in [2.75, 3.05) is 52.0 Å². The van der Waals surface area contributed by atoms with E-state index in [0.29, 0.717) is 48.7 Å². The molecule has 3 fully saturated rings. The smallest absolute Gasteiger partial charge is 0.407 e. The number of anilines is 1. The van der Waals surface area contributed by atoms with Gasteiger partial charge in [0.2, 0.25) is 5.91 Å². The minimum absolute atomic E-state index is 0.00990. The van der Waals surface area contributed by atoms with Crippen molar-refractivity contribution in [3.05, 3.63) is 107 Å². The molecule has 7 rings (SSSR count). The van der Waals surface area contributed by atoms with Crippen LogP contribution in [-0.4, -0.2) is 150 Å². The Labute approximate surface area is 437 Å². The van der Waals surface area contributed by atoms with Gasteiger partial charge in [-0.05, 0) is 86.6 Å². The topological polar surface area (TPSA) is 213 Å². The molecule has 2 aromatic heterocycles. The van der Waals surface area contributed by atoms with E-state index in [2.05, 4.69) is 52.4 Å². The fraction of sp³-hybridized carbons (Fsp3) is 0.491. The summed E-state index contributed by atoms with van der Waals surface area (Å²) in [5.74, 6) is 2.60. The summed E-state index contributed by atoms with van der Waals surface area (Å²) in [6.07, 6.45) is -2.76. The number of alkyl halides is 3. The number of aliphatic hydroxyl groups is 1. The molecular weight excluding hydrogens is 1000 g/mol. The van der Waals surface area contributed by atoms with Crippen LogP contribution in [0.4, 0.5) is 37.4 Å². The fourth-order valence-corrected chi connectivity index (χ4v) is 9.44. The third kappa shape index (κ3) is 13.7. The van der Waals surface area contributed by atoms with Gasteiger partial charge in [0.1, 0.15) is 29.5 Å². The number of piperazine rings is 1. The number of carbonyl (C=O) groups is 4. The fourth-order valence-electron chi connectivity index (χ4n) is 9.44. The van der Waals surface area contributed by atoms with Crippen molar-refractivity contribution in [3.8, 4) is 23.2 Å². The molecule has 4 aromatic rings. The Morgan fingerprint density at radius 1 is 0.803 bits per heavy atom. The Bertz CT molecular complexity index is 2720. The number of benzene rings is 2. The van der Waals surface area contributed by atoms with Crippen LogP contribution in [-0.2, 0) is 36.8 Å². The van der Waals surface area contributed by atoms with Crippen LogP contribution in [0.2, 0.25) is 0 Å². The number of rotatable bonds is 17. The van der Waals surface area contributed by atoms with Crippen molar-refractivity contribution < 1.29 is 60.4 Å². The number of nitrogens with zero attached hydrogens (tertiary/aromatic N) is 6. The first-order valence-electron chi connectivity index (χ1n) is 24.7. The molecule has 0 saturated carbocycles. The second kappa shape index (κ2) is 23.9. The van der Waals surface area contributed by atoms with Gasteiger partial charge in [0.15, 0.2) is 5.82 Å². The lowest BCUT2D eigenvalue weighted by atomic mass is 9.82. The normalized spacial score (nSPS) is 18.5. The summed E-state index contributed by atoms with van der Waals surface area (Å²) in [7, 11) is 1.98. The van der Waals surface area contributed by atoms with E-state index < -0.39 is 95.5 Å². The van der Waals surface area contributed by atoms with Crippen LogP contribution in [0.25, 0.3) is 11.4 Å². The van der Waals surface area contributed by atoms with Crippen molar-refractivity contribution in [3.63, 3.8) is 0 Å². The number of methoxy groups -OCH3 is 2. The Morgan fingerprint density at radius 3 is 1.91 bits per heavy atom. The van der Waals surface area contributed by atoms with Gasteiger partial charge in [-0.25, -0.2) is 38.3 Å². The van der Waals surface area contributed by atoms with E-state index in [9.17, 15) is 37.5 Å². The number of hydrazine groups is 1. The predicted octanol–water partition coefficient (Wildman–Crippen LogP) is 5.27. The first-order valence-corrected chi connectivity index (χ1v) is 24.7. The molecule has 0 radical (unpaired) electrons. The van der Waals surface area contributed by atoms with E-state index in [1.165, 1.54) is 18.5 Å². The number of nitrogens with one attached hydrogen (secondary N) is 4. The summed E-state index contributed by atoms with van der Waals surface area (Å²) in [5.41, 5.74) is -0.334. The number of amides is 4. The number of fused-ring (bicyclic) bond motifs is 2. The van der Waals surface area contributed by atoms with Crippen molar-refractivity contribution in [1.82, 2.24) is 46.2 Å². The molecule has 5 N–H and O–H groups in total. The highest BCUT2D eigenvalue weighted by molar-refractivity contribution is 5.87. The van der Waals surface area contributed by atoms with E-state index in [1.807, 2.05) is 17.4 Å². The molecule has 3 unspecified atom stereocenters. The lowest BCUT2D eigenvalue weighted by Gasteiger charge is -2.47. The van der Waals surface area contributed by atoms with Gasteiger partial charge in [-0.15, -0.1) is 0 Å². The maximum atomic E-state index is 16.0. The van der Waals surface area contributed by atoms with Crippen LogP contribution in [0.1, 0.15) is 69.7 Å². The van der Waals surface area contributed by atoms with Gasteiger partial charge in [0, 0.05) is 79.1 Å². The van der Waals surface area contributed by atoms with E-state index >= 15 is 8.78 Å². The Kier molecular flexibility index (Phi) is 17.8. The van der Waals surface area contributed by atoms with Crippen LogP contribution in [0, 0.1) is 34.3 Å². The number of pyridine rings is 1. The van der Waals surface area contributed by atoms with Gasteiger partial charge in [0.25, 0.3) is 5.91 Å². The van der Waals surface area contributed by atoms with Crippen LogP contribution < -0.4 is 26.3 Å². The highest BCUT2D eigenvalue weighted by Gasteiger charge is 2.56. The average molecular weight is 1060 g/mol. The number of halogens is 5. The Morgan fingerprint density at radius 2 is 1.38 bits per heavy atom. The summed E-state index contributed by atoms with van der Waals surface area (Å²) in [6.45, 7) is 8.07. The number of aliphatic hydroxyl groups excluding tert-OH is 1. The summed E-state index contributed by atoms with van der Waals surface area (Å²) < 4.78 is 90.4. The third-order valence-corrected chi connectivity index (χ3v) is 13.9. The monoisotopic (exact) mass is 1060 g/mol. The second-order valence-electron chi connectivity index (χ2n) is 20.7. The molecule has 76 heavy (non-hydrogen) atoms. The molecule has 2 bridgehead atoms. The molecule has 23 heteroatoms. The molecule has 3 saturated heterocycles. The molecule has 408 valence electrons. The van der Waals surface area contributed by atoms with Crippen LogP contribution in [0.5, 0.6) is 0 Å². The first-order chi connectivity index (χ1) is 35.9. The standard InChI is InChI=1S/C53H63F5N10O8/c1-51(2,3)44(63-49(72)74-6)48(71)65-67(27-38-39(54)22-34(23-40(38)55)46-59-19-8-20-60-46)28-42(69)41(62-47(70)45(64-50(73)75-7)52(4,5)53(56,57)58)21-32-12-9-31(10-13-32)11-14-33-15-18-43(61-24-33)66-25-35-16-17-36(26-66)68(35)37-29-76-30-37/h8-10,12-13,15,18-20,22-24,35-37,41-42,44-45,69H,16-17,21,25-30H2,1-7H3,(H,62,70)(H,63,72)(H,64,73)(H,65,71)/t35?,36?,41-,42-,44+,45?/m0/s1. The third-order valence-electron chi connectivity index (χ3n) is 13.9. The SMILES string of the molecule is COC(=O)NC(C(=O)N[C@@H](Cc1ccc(C#Cc2ccc(N3CC4CCC(C3)N4C3COC3)nc2)cc1)[C@@H](O)CN(Cc1c(F)cc(-c2ncccn2)cc1F)NC(=O)[C@@H](NC(=O)OC)C(C)(C)C)C(C)(C)C(F)(F)F. The predicted molar refractivity (Wildman–Crippen MR) is 268 cm³/mol. The first kappa shape index (κ1) is 56.7. The van der Waals surface area contributed by atoms with Crippen LogP contribution in [0.15, 0.2) is 73.2 Å². The van der Waals surface area contributed by atoms with Gasteiger partial charge >= 0.3 is 18.4 Å². The zero-order chi connectivity index (χ0) is 55.1. The van der Waals surface area contributed by atoms with Gasteiger partial charge in [-0.3, -0.25) is 19.9 Å². The summed E-state index contributed by atoms with van der Waals surface area (Å²) in [5, 5.41) is 19.9. The molecule has 6 atom stereocenters. The maximum Gasteiger partial charge on any atom is 0.407 e. The molecular formula is C53H63F5N10O8. The molecule has 5 heterocycles. The molecule has 0 aliphatic carbocycles. The van der Waals surface area contributed by atoms with E-state index in [0.717, 1.165) is 76.3 Å². The zero-order valence-electron chi connectivity index (χ0n) is 43.2. The van der Waals surface area contributed by atoms with Gasteiger partial charge in [-0.2, -0.15) is 13.2 Å². The summed E-state index contributed by atoms with van der Waals surface area (Å²) >= 11 is 0. The molecule has 4 amide bonds. The lowest BCUT2D eigenvalue weighted by molar-refractivity contribution is -0.220. The van der Waals surface area contributed by atoms with E-state index in [-0.39, 0.29) is 17.8 Å². The summed E-state index contributed by atoms with van der Waals surface area (Å²) in [6, 6.07) is 10.1. The molecule has 18 nitrogen and oxygen atoms in total. The molecule has 2 aromatic carbocycles. The highest BCUT2D eigenvalue weighted by Crippen LogP contribution is 2.41. The van der Waals surface area contributed by atoms with Crippen LogP contribution in [0.3, 0.4) is 0 Å². The van der Waals surface area contributed by atoms with Crippen molar-refractivity contribution >= 4 is 29.8 Å². The minimum Gasteiger partial charge on any atom is -0.453 e. The van der Waals surface area contributed by atoms with E-state index in [4.69, 9.17) is 14.5 Å². The average Bonchev–Trinajstić information content (AvgIpc) is 3.61. The quantitative estimate of drug-likeness (QED) is 0.0518. The number of hydrogen-bond acceptors (Lipinski definition) is 14. The van der Waals surface area contributed by atoms with Gasteiger partial charge in [-0.1, -0.05) is 44.7 Å². The van der Waals surface area contributed by atoms with Crippen molar-refractivity contribution in [2.24, 2.45) is 10.8 Å². The van der Waals surface area contributed by atoms with Gasteiger partial charge < -0.3 is 40.2 Å². The summed E-state index contributed by atoms with van der Waals surface area (Å²) in [4.78, 5) is 70.7. The number of hydrogen-bond donors (Lipinski definition) is 5. The largest absolute Gasteiger partial charge is 0.453 e. The molecule has 0 spiro atoms.